The Morgan fingerprint density at radius 3 is 2.27 bits per heavy atom. The third-order valence-electron chi connectivity index (χ3n) is 1.94. The van der Waals surface area contributed by atoms with E-state index in [2.05, 4.69) is 20.7 Å². The number of alkyl halides is 1. The van der Waals surface area contributed by atoms with Crippen LogP contribution in [0, 0.1) is 5.92 Å². The molecule has 92 valence electrons. The van der Waals surface area contributed by atoms with Gasteiger partial charge in [-0.15, -0.1) is 0 Å². The number of sulfonamides is 1. The van der Waals surface area contributed by atoms with E-state index in [1.54, 1.807) is 0 Å². The molecule has 5 heteroatoms. The molecule has 0 spiro atoms. The van der Waals surface area contributed by atoms with Crippen molar-refractivity contribution >= 4 is 26.0 Å². The maximum atomic E-state index is 11.4. The Morgan fingerprint density at radius 2 is 1.73 bits per heavy atom. The Morgan fingerprint density at radius 1 is 1.13 bits per heavy atom. The third-order valence-corrected chi connectivity index (χ3v) is 4.25. The normalized spacial score (nSPS) is 12.3. The van der Waals surface area contributed by atoms with Crippen LogP contribution in [-0.2, 0) is 10.0 Å². The second-order valence-electron chi connectivity index (χ2n) is 4.17. The van der Waals surface area contributed by atoms with Gasteiger partial charge in [0.15, 0.2) is 0 Å². The Hall–Kier alpha value is 0.390. The van der Waals surface area contributed by atoms with Crippen LogP contribution in [0.4, 0.5) is 0 Å². The lowest BCUT2D eigenvalue weighted by atomic mass is 10.2. The van der Waals surface area contributed by atoms with E-state index < -0.39 is 10.0 Å². The van der Waals surface area contributed by atoms with E-state index in [4.69, 9.17) is 0 Å². The standard InChI is InChI=1S/C10H22BrNO2S/c1-10(2)9-15(13,14)12-8-6-4-3-5-7-11/h10,12H,3-9H2,1-2H3. The molecule has 0 aliphatic carbocycles. The highest BCUT2D eigenvalue weighted by Gasteiger charge is 2.11. The third kappa shape index (κ3) is 10.7. The predicted molar refractivity (Wildman–Crippen MR) is 68.9 cm³/mol. The van der Waals surface area contributed by atoms with Crippen molar-refractivity contribution in [2.24, 2.45) is 5.92 Å². The zero-order chi connectivity index (χ0) is 11.7. The van der Waals surface area contributed by atoms with Crippen molar-refractivity contribution in [1.29, 1.82) is 0 Å². The summed E-state index contributed by atoms with van der Waals surface area (Å²) in [6.45, 7) is 4.40. The quantitative estimate of drug-likeness (QED) is 0.525. The number of halogens is 1. The van der Waals surface area contributed by atoms with Crippen LogP contribution in [0.5, 0.6) is 0 Å². The molecule has 0 unspecified atom stereocenters. The van der Waals surface area contributed by atoms with Gasteiger partial charge in [0.2, 0.25) is 10.0 Å². The van der Waals surface area contributed by atoms with Gasteiger partial charge in [-0.1, -0.05) is 42.6 Å². The van der Waals surface area contributed by atoms with Gasteiger partial charge in [-0.2, -0.15) is 0 Å². The van der Waals surface area contributed by atoms with Crippen LogP contribution in [0.15, 0.2) is 0 Å². The SMILES string of the molecule is CC(C)CS(=O)(=O)NCCCCCCBr. The van der Waals surface area contributed by atoms with Gasteiger partial charge >= 0.3 is 0 Å². The zero-order valence-corrected chi connectivity index (χ0v) is 12.0. The van der Waals surface area contributed by atoms with Crippen molar-refractivity contribution < 1.29 is 8.42 Å². The number of hydrogen-bond acceptors (Lipinski definition) is 2. The molecule has 0 aromatic carbocycles. The van der Waals surface area contributed by atoms with Crippen LogP contribution in [0.2, 0.25) is 0 Å². The Kier molecular flexibility index (Phi) is 8.75. The molecule has 1 N–H and O–H groups in total. The number of nitrogens with one attached hydrogen (secondary N) is 1. The van der Waals surface area contributed by atoms with E-state index in [1.807, 2.05) is 13.8 Å². The van der Waals surface area contributed by atoms with Crippen LogP contribution in [0.25, 0.3) is 0 Å². The molecule has 0 aliphatic rings. The molecule has 15 heavy (non-hydrogen) atoms. The fourth-order valence-corrected chi connectivity index (χ4v) is 3.15. The highest BCUT2D eigenvalue weighted by molar-refractivity contribution is 9.09. The summed E-state index contributed by atoms with van der Waals surface area (Å²) in [5, 5.41) is 1.03. The molecule has 0 atom stereocenters. The van der Waals surface area contributed by atoms with Gasteiger partial charge in [-0.25, -0.2) is 13.1 Å². The second-order valence-corrected chi connectivity index (χ2v) is 6.82. The average molecular weight is 300 g/mol. The number of unbranched alkanes of at least 4 members (excludes halogenated alkanes) is 3. The van der Waals surface area contributed by atoms with E-state index in [0.29, 0.717) is 6.54 Å². The first-order valence-corrected chi connectivity index (χ1v) is 8.28. The Labute approximate surface area is 102 Å². The summed E-state index contributed by atoms with van der Waals surface area (Å²) in [6, 6.07) is 0. The molecule has 0 aromatic heterocycles. The van der Waals surface area contributed by atoms with Crippen molar-refractivity contribution in [2.45, 2.75) is 39.5 Å². The minimum Gasteiger partial charge on any atom is -0.215 e. The van der Waals surface area contributed by atoms with Gasteiger partial charge in [0, 0.05) is 11.9 Å². The molecular formula is C10H22BrNO2S. The van der Waals surface area contributed by atoms with Crippen molar-refractivity contribution in [2.75, 3.05) is 17.6 Å². The van der Waals surface area contributed by atoms with Crippen LogP contribution in [0.1, 0.15) is 39.5 Å². The summed E-state index contributed by atoms with van der Waals surface area (Å²) in [4.78, 5) is 0. The van der Waals surface area contributed by atoms with Crippen LogP contribution in [0.3, 0.4) is 0 Å². The minimum atomic E-state index is -3.03. The molecule has 0 saturated heterocycles. The molecule has 0 aliphatic heterocycles. The van der Waals surface area contributed by atoms with Crippen LogP contribution < -0.4 is 4.72 Å². The summed E-state index contributed by atoms with van der Waals surface area (Å²) in [5.41, 5.74) is 0. The predicted octanol–water partition coefficient (Wildman–Crippen LogP) is 2.52. The first-order valence-electron chi connectivity index (χ1n) is 5.51. The molecule has 0 bridgehead atoms. The fourth-order valence-electron chi connectivity index (χ4n) is 1.30. The molecule has 0 aromatic rings. The zero-order valence-electron chi connectivity index (χ0n) is 9.63. The van der Waals surface area contributed by atoms with Crippen molar-refractivity contribution in [1.82, 2.24) is 4.72 Å². The van der Waals surface area contributed by atoms with Gasteiger partial charge in [0.1, 0.15) is 0 Å². The molecule has 0 heterocycles. The first kappa shape index (κ1) is 15.4. The van der Waals surface area contributed by atoms with E-state index in [9.17, 15) is 8.42 Å². The van der Waals surface area contributed by atoms with Gasteiger partial charge in [0.05, 0.1) is 5.75 Å². The smallest absolute Gasteiger partial charge is 0.211 e. The van der Waals surface area contributed by atoms with E-state index in [-0.39, 0.29) is 11.7 Å². The maximum Gasteiger partial charge on any atom is 0.211 e. The van der Waals surface area contributed by atoms with Crippen LogP contribution in [-0.4, -0.2) is 26.0 Å². The summed E-state index contributed by atoms with van der Waals surface area (Å²) in [7, 11) is -3.03. The molecule has 0 saturated carbocycles. The second kappa shape index (κ2) is 8.53. The van der Waals surface area contributed by atoms with Gasteiger partial charge in [-0.3, -0.25) is 0 Å². The molecule has 0 amide bonds. The Bertz CT molecular complexity index is 240. The van der Waals surface area contributed by atoms with E-state index in [0.717, 1.165) is 24.6 Å². The van der Waals surface area contributed by atoms with Crippen LogP contribution >= 0.6 is 15.9 Å². The highest BCUT2D eigenvalue weighted by Crippen LogP contribution is 2.02. The van der Waals surface area contributed by atoms with E-state index in [1.165, 1.54) is 6.42 Å². The molecule has 0 rings (SSSR count). The first-order chi connectivity index (χ1) is 6.98. The highest BCUT2D eigenvalue weighted by atomic mass is 79.9. The fraction of sp³-hybridized carbons (Fsp3) is 1.00. The maximum absolute atomic E-state index is 11.4. The summed E-state index contributed by atoms with van der Waals surface area (Å²) in [5.74, 6) is 0.421. The number of hydrogen-bond donors (Lipinski definition) is 1. The van der Waals surface area contributed by atoms with Crippen molar-refractivity contribution in [3.05, 3.63) is 0 Å². The lowest BCUT2D eigenvalue weighted by Crippen LogP contribution is -2.29. The molecular weight excluding hydrogens is 278 g/mol. The lowest BCUT2D eigenvalue weighted by Gasteiger charge is -2.08. The van der Waals surface area contributed by atoms with E-state index >= 15 is 0 Å². The van der Waals surface area contributed by atoms with Gasteiger partial charge in [-0.05, 0) is 18.8 Å². The summed E-state index contributed by atoms with van der Waals surface area (Å²) in [6.07, 6.45) is 4.36. The van der Waals surface area contributed by atoms with Gasteiger partial charge in [0.25, 0.3) is 0 Å². The van der Waals surface area contributed by atoms with Crippen molar-refractivity contribution in [3.8, 4) is 0 Å². The molecule has 0 radical (unpaired) electrons. The van der Waals surface area contributed by atoms with Crippen molar-refractivity contribution in [3.63, 3.8) is 0 Å². The minimum absolute atomic E-state index is 0.191. The number of rotatable bonds is 9. The van der Waals surface area contributed by atoms with Gasteiger partial charge < -0.3 is 0 Å². The lowest BCUT2D eigenvalue weighted by molar-refractivity contribution is 0.562. The largest absolute Gasteiger partial charge is 0.215 e. The summed E-state index contributed by atoms with van der Waals surface area (Å²) >= 11 is 3.37. The summed E-state index contributed by atoms with van der Waals surface area (Å²) < 4.78 is 25.5. The topological polar surface area (TPSA) is 46.2 Å². The molecule has 0 fully saturated rings. The molecule has 3 nitrogen and oxygen atoms in total. The monoisotopic (exact) mass is 299 g/mol. The average Bonchev–Trinajstić information content (AvgIpc) is 2.08. The Balaban J connectivity index is 3.50.